The smallest absolute Gasteiger partial charge is 0.226 e. The minimum Gasteiger partial charge on any atom is -0.384 e. The van der Waals surface area contributed by atoms with E-state index in [1.807, 2.05) is 0 Å². The van der Waals surface area contributed by atoms with E-state index >= 15 is 0 Å². The molecule has 0 radical (unpaired) electrons. The van der Waals surface area contributed by atoms with Crippen molar-refractivity contribution in [2.24, 2.45) is 5.92 Å². The Labute approximate surface area is 116 Å². The number of halogens is 1. The van der Waals surface area contributed by atoms with Crippen LogP contribution in [0, 0.1) is 5.92 Å². The first kappa shape index (κ1) is 12.6. The van der Waals surface area contributed by atoms with E-state index in [2.05, 4.69) is 24.8 Å². The highest BCUT2D eigenvalue weighted by Gasteiger charge is 2.23. The first-order chi connectivity index (χ1) is 9.28. The molecule has 0 bridgehead atoms. The molecule has 1 fully saturated rings. The normalized spacial score (nSPS) is 20.1. The van der Waals surface area contributed by atoms with Crippen LogP contribution in [-0.2, 0) is 4.74 Å². The lowest BCUT2D eigenvalue weighted by Gasteiger charge is -2.33. The van der Waals surface area contributed by atoms with E-state index in [0.29, 0.717) is 11.6 Å². The lowest BCUT2D eigenvalue weighted by Crippen LogP contribution is -2.37. The zero-order valence-corrected chi connectivity index (χ0v) is 11.5. The van der Waals surface area contributed by atoms with E-state index in [1.54, 1.807) is 13.4 Å². The summed E-state index contributed by atoms with van der Waals surface area (Å²) in [5, 5.41) is 0.239. The molecule has 102 valence electrons. The number of ether oxygens (including phenoxy) is 1. The highest BCUT2D eigenvalue weighted by molar-refractivity contribution is 6.28. The fourth-order valence-electron chi connectivity index (χ4n) is 2.65. The predicted molar refractivity (Wildman–Crippen MR) is 73.5 cm³/mol. The Morgan fingerprint density at radius 3 is 3.26 bits per heavy atom. The molecule has 1 unspecified atom stereocenters. The second-order valence-electron chi connectivity index (χ2n) is 4.83. The van der Waals surface area contributed by atoms with Gasteiger partial charge in [0.15, 0.2) is 11.5 Å². The van der Waals surface area contributed by atoms with Crippen molar-refractivity contribution in [3.05, 3.63) is 11.6 Å². The van der Waals surface area contributed by atoms with Gasteiger partial charge in [0.2, 0.25) is 5.28 Å². The predicted octanol–water partition coefficient (Wildman–Crippen LogP) is 1.87. The number of nitrogens with one attached hydrogen (secondary N) is 1. The van der Waals surface area contributed by atoms with Crippen LogP contribution in [0.4, 0.5) is 5.82 Å². The average molecular weight is 282 g/mol. The molecule has 3 rings (SSSR count). The molecule has 1 saturated heterocycles. The topological polar surface area (TPSA) is 66.9 Å². The molecule has 1 atom stereocenters. The molecule has 2 aromatic rings. The number of anilines is 1. The number of hydrogen-bond acceptors (Lipinski definition) is 5. The number of methoxy groups -OCH3 is 1. The van der Waals surface area contributed by atoms with Crippen molar-refractivity contribution in [2.45, 2.75) is 12.8 Å². The van der Waals surface area contributed by atoms with Crippen LogP contribution < -0.4 is 4.90 Å². The summed E-state index contributed by atoms with van der Waals surface area (Å²) in [5.74, 6) is 1.37. The maximum Gasteiger partial charge on any atom is 0.226 e. The molecule has 1 aliphatic rings. The number of aromatic amines is 1. The van der Waals surface area contributed by atoms with Gasteiger partial charge in [0.25, 0.3) is 0 Å². The summed E-state index contributed by atoms with van der Waals surface area (Å²) < 4.78 is 5.26. The summed E-state index contributed by atoms with van der Waals surface area (Å²) in [4.78, 5) is 17.9. The van der Waals surface area contributed by atoms with Crippen LogP contribution >= 0.6 is 11.6 Å². The molecule has 19 heavy (non-hydrogen) atoms. The van der Waals surface area contributed by atoms with Crippen LogP contribution in [0.25, 0.3) is 11.2 Å². The fraction of sp³-hybridized carbons (Fsp3) is 0.583. The second-order valence-corrected chi connectivity index (χ2v) is 5.17. The highest BCUT2D eigenvalue weighted by Crippen LogP contribution is 2.27. The average Bonchev–Trinajstić information content (AvgIpc) is 2.86. The first-order valence-corrected chi connectivity index (χ1v) is 6.76. The Balaban J connectivity index is 1.92. The second kappa shape index (κ2) is 5.30. The number of imidazole rings is 1. The standard InChI is InChI=1S/C12H16ClN5O/c1-19-6-8-3-2-4-18(5-8)11-9-10(15-7-14-9)16-12(13)17-11/h7-8H,2-6H2,1H3,(H,14,15,16,17). The maximum absolute atomic E-state index is 5.97. The summed E-state index contributed by atoms with van der Waals surface area (Å²) in [6.45, 7) is 2.68. The Morgan fingerprint density at radius 1 is 1.53 bits per heavy atom. The van der Waals surface area contributed by atoms with Crippen LogP contribution in [0.2, 0.25) is 5.28 Å². The molecule has 0 spiro atoms. The third-order valence-electron chi connectivity index (χ3n) is 3.46. The molecule has 0 aliphatic carbocycles. The molecule has 0 aromatic carbocycles. The minimum atomic E-state index is 0.239. The number of piperidine rings is 1. The third-order valence-corrected chi connectivity index (χ3v) is 3.63. The van der Waals surface area contributed by atoms with Gasteiger partial charge in [-0.1, -0.05) is 0 Å². The van der Waals surface area contributed by atoms with Crippen molar-refractivity contribution in [3.8, 4) is 0 Å². The van der Waals surface area contributed by atoms with Crippen LogP contribution in [0.15, 0.2) is 6.33 Å². The molecule has 1 N–H and O–H groups in total. The van der Waals surface area contributed by atoms with E-state index in [4.69, 9.17) is 16.3 Å². The van der Waals surface area contributed by atoms with Gasteiger partial charge >= 0.3 is 0 Å². The monoisotopic (exact) mass is 281 g/mol. The third kappa shape index (κ3) is 2.50. The summed E-state index contributed by atoms with van der Waals surface area (Å²) in [7, 11) is 1.74. The first-order valence-electron chi connectivity index (χ1n) is 6.38. The summed E-state index contributed by atoms with van der Waals surface area (Å²) in [6, 6.07) is 0. The van der Waals surface area contributed by atoms with Crippen molar-refractivity contribution in [1.82, 2.24) is 19.9 Å². The summed E-state index contributed by atoms with van der Waals surface area (Å²) >= 11 is 5.97. The molecule has 0 amide bonds. The molecule has 0 saturated carbocycles. The van der Waals surface area contributed by atoms with Crippen LogP contribution in [0.3, 0.4) is 0 Å². The van der Waals surface area contributed by atoms with Gasteiger partial charge in [-0.25, -0.2) is 4.98 Å². The SMILES string of the molecule is COCC1CCCN(c2nc(Cl)nc3nc[nH]c23)C1. The molecular weight excluding hydrogens is 266 g/mol. The van der Waals surface area contributed by atoms with Gasteiger partial charge in [-0.2, -0.15) is 9.97 Å². The Hall–Kier alpha value is -1.40. The van der Waals surface area contributed by atoms with E-state index < -0.39 is 0 Å². The lowest BCUT2D eigenvalue weighted by molar-refractivity contribution is 0.143. The number of rotatable bonds is 3. The molecular formula is C12H16ClN5O. The van der Waals surface area contributed by atoms with Gasteiger partial charge in [0.05, 0.1) is 12.9 Å². The van der Waals surface area contributed by atoms with Crippen molar-refractivity contribution < 1.29 is 4.74 Å². The number of fused-ring (bicyclic) bond motifs is 1. The van der Waals surface area contributed by atoms with Gasteiger partial charge in [-0.15, -0.1) is 0 Å². The Kier molecular flexibility index (Phi) is 3.52. The van der Waals surface area contributed by atoms with Crippen molar-refractivity contribution in [1.29, 1.82) is 0 Å². The van der Waals surface area contributed by atoms with Gasteiger partial charge in [0, 0.05) is 20.2 Å². The molecule has 7 heteroatoms. The summed E-state index contributed by atoms with van der Waals surface area (Å²) in [5.41, 5.74) is 1.46. The van der Waals surface area contributed by atoms with Crippen molar-refractivity contribution in [2.75, 3.05) is 31.7 Å². The summed E-state index contributed by atoms with van der Waals surface area (Å²) in [6.07, 6.45) is 3.94. The van der Waals surface area contributed by atoms with Gasteiger partial charge in [-0.05, 0) is 30.4 Å². The van der Waals surface area contributed by atoms with Gasteiger partial charge in [0.1, 0.15) is 5.52 Å². The number of nitrogens with zero attached hydrogens (tertiary/aromatic N) is 4. The van der Waals surface area contributed by atoms with Gasteiger partial charge in [-0.3, -0.25) is 0 Å². The molecule has 6 nitrogen and oxygen atoms in total. The largest absolute Gasteiger partial charge is 0.384 e. The molecule has 3 heterocycles. The molecule has 2 aromatic heterocycles. The van der Waals surface area contributed by atoms with E-state index in [1.165, 1.54) is 6.42 Å². The lowest BCUT2D eigenvalue weighted by atomic mass is 9.99. The van der Waals surface area contributed by atoms with Crippen molar-refractivity contribution >= 4 is 28.6 Å². The van der Waals surface area contributed by atoms with E-state index in [9.17, 15) is 0 Å². The van der Waals surface area contributed by atoms with E-state index in [-0.39, 0.29) is 5.28 Å². The zero-order chi connectivity index (χ0) is 13.2. The zero-order valence-electron chi connectivity index (χ0n) is 10.8. The van der Waals surface area contributed by atoms with Crippen molar-refractivity contribution in [3.63, 3.8) is 0 Å². The maximum atomic E-state index is 5.97. The number of H-pyrrole nitrogens is 1. The van der Waals surface area contributed by atoms with Crippen LogP contribution in [-0.4, -0.2) is 46.7 Å². The fourth-order valence-corrected chi connectivity index (χ4v) is 2.81. The molecule has 1 aliphatic heterocycles. The number of aromatic nitrogens is 4. The van der Waals surface area contributed by atoms with Crippen LogP contribution in [0.5, 0.6) is 0 Å². The van der Waals surface area contributed by atoms with Crippen LogP contribution in [0.1, 0.15) is 12.8 Å². The number of hydrogen-bond donors (Lipinski definition) is 1. The van der Waals surface area contributed by atoms with E-state index in [0.717, 1.165) is 37.5 Å². The highest BCUT2D eigenvalue weighted by atomic mass is 35.5. The Morgan fingerprint density at radius 2 is 2.42 bits per heavy atom. The van der Waals surface area contributed by atoms with Gasteiger partial charge < -0.3 is 14.6 Å². The minimum absolute atomic E-state index is 0.239. The Bertz CT molecular complexity index is 570. The quantitative estimate of drug-likeness (QED) is 0.870.